The number of amides is 1. The van der Waals surface area contributed by atoms with Crippen LogP contribution < -0.4 is 21.5 Å². The standard InChI is InChI=1S/C22H29F3N6OS/c1-12(2)11-26-21(33)29-28-20(32)17-10-19-27-16(9-18(22(23,24)25)31(19)30-17)15-7-5-14(6-8-15)13(3)4/h5-8,10,12-13,16,18,27H,9,11H2,1-4H3,(H,28,32)(H2,26,29,33)/t16-,18+/m1/s1. The molecule has 1 aromatic heterocycles. The number of aromatic nitrogens is 2. The first-order valence-electron chi connectivity index (χ1n) is 10.8. The van der Waals surface area contributed by atoms with Gasteiger partial charge >= 0.3 is 6.18 Å². The summed E-state index contributed by atoms with van der Waals surface area (Å²) in [5.41, 5.74) is 6.61. The number of halogens is 3. The van der Waals surface area contributed by atoms with E-state index in [0.29, 0.717) is 18.4 Å². The fourth-order valence-electron chi connectivity index (χ4n) is 3.53. The van der Waals surface area contributed by atoms with Crippen molar-refractivity contribution in [2.24, 2.45) is 5.92 Å². The van der Waals surface area contributed by atoms with Crippen LogP contribution >= 0.6 is 12.2 Å². The highest BCUT2D eigenvalue weighted by Crippen LogP contribution is 2.43. The fraction of sp³-hybridized carbons (Fsp3) is 0.500. The molecule has 0 unspecified atom stereocenters. The Balaban J connectivity index is 1.77. The minimum atomic E-state index is -4.52. The number of fused-ring (bicyclic) bond motifs is 1. The highest BCUT2D eigenvalue weighted by molar-refractivity contribution is 7.80. The summed E-state index contributed by atoms with van der Waals surface area (Å²) in [5.74, 6) is 0.115. The SMILES string of the molecule is CC(C)CNC(=S)NNC(=O)c1cc2n(n1)[C@H](C(F)(F)F)C[C@H](c1ccc(C(C)C)cc1)N2. The maximum atomic E-state index is 13.9. The van der Waals surface area contributed by atoms with Gasteiger partial charge in [-0.15, -0.1) is 0 Å². The third-order valence-corrected chi connectivity index (χ3v) is 5.63. The molecular formula is C22H29F3N6OS. The van der Waals surface area contributed by atoms with Crippen LogP contribution in [-0.2, 0) is 0 Å². The van der Waals surface area contributed by atoms with Crippen LogP contribution in [0.1, 0.15) is 73.7 Å². The van der Waals surface area contributed by atoms with Gasteiger partial charge in [0, 0.05) is 19.0 Å². The predicted molar refractivity (Wildman–Crippen MR) is 125 cm³/mol. The van der Waals surface area contributed by atoms with E-state index in [4.69, 9.17) is 12.2 Å². The summed E-state index contributed by atoms with van der Waals surface area (Å²) in [6.45, 7) is 8.72. The Morgan fingerprint density at radius 1 is 1.21 bits per heavy atom. The molecule has 1 aromatic carbocycles. The summed E-state index contributed by atoms with van der Waals surface area (Å²) in [7, 11) is 0. The van der Waals surface area contributed by atoms with E-state index in [2.05, 4.69) is 40.4 Å². The first-order chi connectivity index (χ1) is 15.5. The Kier molecular flexibility index (Phi) is 7.51. The van der Waals surface area contributed by atoms with Gasteiger partial charge in [-0.2, -0.15) is 18.3 Å². The Labute approximate surface area is 196 Å². The lowest BCUT2D eigenvalue weighted by molar-refractivity contribution is -0.173. The van der Waals surface area contributed by atoms with Crippen molar-refractivity contribution in [1.29, 1.82) is 0 Å². The van der Waals surface area contributed by atoms with Crippen LogP contribution in [0.2, 0.25) is 0 Å². The molecule has 1 amide bonds. The Morgan fingerprint density at radius 2 is 1.88 bits per heavy atom. The quantitative estimate of drug-likeness (QED) is 0.373. The molecule has 11 heteroatoms. The van der Waals surface area contributed by atoms with Crippen LogP contribution in [0.4, 0.5) is 19.0 Å². The number of hydrogen-bond acceptors (Lipinski definition) is 4. The molecule has 1 aliphatic heterocycles. The third-order valence-electron chi connectivity index (χ3n) is 5.39. The van der Waals surface area contributed by atoms with Crippen LogP contribution in [0.5, 0.6) is 0 Å². The zero-order valence-corrected chi connectivity index (χ0v) is 19.8. The van der Waals surface area contributed by atoms with Gasteiger partial charge in [-0.3, -0.25) is 15.6 Å². The number of hydrazine groups is 1. The molecule has 4 N–H and O–H groups in total. The summed E-state index contributed by atoms with van der Waals surface area (Å²) in [6.07, 6.45) is -4.75. The first kappa shape index (κ1) is 24.8. The molecule has 2 aromatic rings. The fourth-order valence-corrected chi connectivity index (χ4v) is 3.67. The van der Waals surface area contributed by atoms with Crippen molar-refractivity contribution in [2.45, 2.75) is 58.3 Å². The molecule has 3 rings (SSSR count). The van der Waals surface area contributed by atoms with Crippen LogP contribution in [0.3, 0.4) is 0 Å². The van der Waals surface area contributed by atoms with Crippen molar-refractivity contribution in [3.05, 3.63) is 47.2 Å². The normalized spacial score (nSPS) is 18.0. The van der Waals surface area contributed by atoms with E-state index in [1.165, 1.54) is 6.07 Å². The number of anilines is 1. The van der Waals surface area contributed by atoms with Crippen LogP contribution in [-0.4, -0.2) is 33.5 Å². The number of nitrogens with zero attached hydrogens (tertiary/aromatic N) is 2. The van der Waals surface area contributed by atoms with Crippen molar-refractivity contribution >= 4 is 29.1 Å². The minimum Gasteiger partial charge on any atom is -0.363 e. The molecule has 0 aliphatic carbocycles. The van der Waals surface area contributed by atoms with Gasteiger partial charge < -0.3 is 10.6 Å². The lowest BCUT2D eigenvalue weighted by atomic mass is 9.94. The summed E-state index contributed by atoms with van der Waals surface area (Å²) in [6, 6.07) is 6.43. The Bertz CT molecular complexity index is 987. The van der Waals surface area contributed by atoms with Gasteiger partial charge in [0.05, 0.1) is 6.04 Å². The molecule has 0 saturated heterocycles. The van der Waals surface area contributed by atoms with Crippen molar-refractivity contribution in [1.82, 2.24) is 25.9 Å². The second kappa shape index (κ2) is 9.98. The van der Waals surface area contributed by atoms with Gasteiger partial charge in [-0.25, -0.2) is 4.68 Å². The minimum absolute atomic E-state index is 0.132. The van der Waals surface area contributed by atoms with Gasteiger partial charge in [0.25, 0.3) is 5.91 Å². The number of nitrogens with one attached hydrogen (secondary N) is 4. The topological polar surface area (TPSA) is 83.0 Å². The molecule has 33 heavy (non-hydrogen) atoms. The lowest BCUT2D eigenvalue weighted by Gasteiger charge is -2.33. The molecule has 0 fully saturated rings. The van der Waals surface area contributed by atoms with Crippen molar-refractivity contribution in [3.8, 4) is 0 Å². The highest BCUT2D eigenvalue weighted by Gasteiger charge is 2.46. The largest absolute Gasteiger partial charge is 0.410 e. The molecule has 0 saturated carbocycles. The molecule has 0 spiro atoms. The number of benzene rings is 1. The second-order valence-corrected chi connectivity index (χ2v) is 9.26. The summed E-state index contributed by atoms with van der Waals surface area (Å²) >= 11 is 5.07. The number of hydrogen-bond donors (Lipinski definition) is 4. The Hall–Kier alpha value is -2.82. The van der Waals surface area contributed by atoms with E-state index in [9.17, 15) is 18.0 Å². The van der Waals surface area contributed by atoms with Crippen LogP contribution in [0, 0.1) is 5.92 Å². The van der Waals surface area contributed by atoms with E-state index in [1.807, 2.05) is 38.1 Å². The van der Waals surface area contributed by atoms with E-state index in [0.717, 1.165) is 15.8 Å². The maximum absolute atomic E-state index is 13.9. The first-order valence-corrected chi connectivity index (χ1v) is 11.2. The van der Waals surface area contributed by atoms with Gasteiger partial charge in [0.2, 0.25) is 0 Å². The monoisotopic (exact) mass is 482 g/mol. The van der Waals surface area contributed by atoms with Crippen LogP contribution in [0.25, 0.3) is 0 Å². The molecule has 2 heterocycles. The smallest absolute Gasteiger partial charge is 0.363 e. The highest BCUT2D eigenvalue weighted by atomic mass is 32.1. The third kappa shape index (κ3) is 6.16. The Morgan fingerprint density at radius 3 is 2.45 bits per heavy atom. The zero-order chi connectivity index (χ0) is 24.3. The second-order valence-electron chi connectivity index (χ2n) is 8.85. The van der Waals surface area contributed by atoms with E-state index < -0.39 is 24.2 Å². The van der Waals surface area contributed by atoms with E-state index in [1.54, 1.807) is 0 Å². The van der Waals surface area contributed by atoms with Crippen LogP contribution in [0.15, 0.2) is 30.3 Å². The average molecular weight is 483 g/mol. The molecule has 1 aliphatic rings. The molecule has 0 bridgehead atoms. The number of carbonyl (C=O) groups is 1. The molecule has 7 nitrogen and oxygen atoms in total. The number of alkyl halides is 3. The lowest BCUT2D eigenvalue weighted by Crippen LogP contribution is -2.47. The van der Waals surface area contributed by atoms with Crippen molar-refractivity contribution in [2.75, 3.05) is 11.9 Å². The zero-order valence-electron chi connectivity index (χ0n) is 19.0. The summed E-state index contributed by atoms with van der Waals surface area (Å²) in [5, 5.41) is 10.2. The van der Waals surface area contributed by atoms with Gasteiger partial charge in [-0.1, -0.05) is 52.0 Å². The summed E-state index contributed by atoms with van der Waals surface area (Å²) in [4.78, 5) is 12.5. The predicted octanol–water partition coefficient (Wildman–Crippen LogP) is 4.43. The van der Waals surface area contributed by atoms with E-state index in [-0.39, 0.29) is 23.0 Å². The molecule has 2 atom stereocenters. The molecular weight excluding hydrogens is 453 g/mol. The van der Waals surface area contributed by atoms with Gasteiger partial charge in [0.1, 0.15) is 5.82 Å². The average Bonchev–Trinajstić information content (AvgIpc) is 3.18. The van der Waals surface area contributed by atoms with Gasteiger partial charge in [0.15, 0.2) is 16.8 Å². The van der Waals surface area contributed by atoms with Gasteiger partial charge in [-0.05, 0) is 35.2 Å². The number of thiocarbonyl (C=S) groups is 1. The molecule has 180 valence electrons. The number of rotatable bonds is 5. The molecule has 0 radical (unpaired) electrons. The number of carbonyl (C=O) groups excluding carboxylic acids is 1. The maximum Gasteiger partial charge on any atom is 0.410 e. The van der Waals surface area contributed by atoms with E-state index >= 15 is 0 Å². The summed E-state index contributed by atoms with van der Waals surface area (Å²) < 4.78 is 42.4. The van der Waals surface area contributed by atoms with Crippen molar-refractivity contribution in [3.63, 3.8) is 0 Å². The van der Waals surface area contributed by atoms with Crippen molar-refractivity contribution < 1.29 is 18.0 Å².